The SMILES string of the molecule is CCOC(=O)C(C)(C)C(=O)CN1CCCCC1CC. The van der Waals surface area contributed by atoms with Crippen molar-refractivity contribution in [3.8, 4) is 0 Å². The highest BCUT2D eigenvalue weighted by atomic mass is 16.5. The smallest absolute Gasteiger partial charge is 0.319 e. The van der Waals surface area contributed by atoms with Crippen molar-refractivity contribution in [2.45, 2.75) is 59.4 Å². The molecule has 110 valence electrons. The predicted octanol–water partition coefficient (Wildman–Crippen LogP) is 2.41. The Hall–Kier alpha value is -0.900. The van der Waals surface area contributed by atoms with Gasteiger partial charge in [-0.2, -0.15) is 0 Å². The van der Waals surface area contributed by atoms with E-state index in [4.69, 9.17) is 4.74 Å². The van der Waals surface area contributed by atoms with Crippen molar-refractivity contribution in [1.29, 1.82) is 0 Å². The summed E-state index contributed by atoms with van der Waals surface area (Å²) in [5.41, 5.74) is -1.04. The molecule has 1 aliphatic rings. The fraction of sp³-hybridized carbons (Fsp3) is 0.867. The Bertz CT molecular complexity index is 325. The van der Waals surface area contributed by atoms with E-state index in [0.717, 1.165) is 25.8 Å². The number of carbonyl (C=O) groups excluding carboxylic acids is 2. The number of nitrogens with zero attached hydrogens (tertiary/aromatic N) is 1. The molecule has 0 amide bonds. The second-order valence-electron chi connectivity index (χ2n) is 5.80. The van der Waals surface area contributed by atoms with Crippen LogP contribution in [-0.4, -0.2) is 42.4 Å². The lowest BCUT2D eigenvalue weighted by molar-refractivity contribution is -0.158. The summed E-state index contributed by atoms with van der Waals surface area (Å²) in [6, 6.07) is 0.482. The number of carbonyl (C=O) groups is 2. The van der Waals surface area contributed by atoms with Gasteiger partial charge in [0.2, 0.25) is 0 Å². The van der Waals surface area contributed by atoms with Gasteiger partial charge in [-0.1, -0.05) is 13.3 Å². The van der Waals surface area contributed by atoms with Crippen LogP contribution >= 0.6 is 0 Å². The molecule has 4 nitrogen and oxygen atoms in total. The quantitative estimate of drug-likeness (QED) is 0.549. The number of Topliss-reactive ketones (excluding diaryl/α,β-unsaturated/α-hetero) is 1. The van der Waals surface area contributed by atoms with Crippen LogP contribution in [0.15, 0.2) is 0 Å². The monoisotopic (exact) mass is 269 g/mol. The Morgan fingerprint density at radius 2 is 1.95 bits per heavy atom. The summed E-state index contributed by atoms with van der Waals surface area (Å²) in [6.45, 7) is 8.89. The lowest BCUT2D eigenvalue weighted by atomic mass is 9.87. The van der Waals surface area contributed by atoms with Crippen molar-refractivity contribution < 1.29 is 14.3 Å². The van der Waals surface area contributed by atoms with Gasteiger partial charge in [0.15, 0.2) is 5.78 Å². The number of hydrogen-bond acceptors (Lipinski definition) is 4. The molecule has 1 unspecified atom stereocenters. The van der Waals surface area contributed by atoms with Crippen LogP contribution in [0, 0.1) is 5.41 Å². The van der Waals surface area contributed by atoms with Crippen molar-refractivity contribution in [3.63, 3.8) is 0 Å². The molecule has 0 N–H and O–H groups in total. The van der Waals surface area contributed by atoms with Crippen LogP contribution in [0.3, 0.4) is 0 Å². The Labute approximate surface area is 116 Å². The Kier molecular flexibility index (Phi) is 5.98. The topological polar surface area (TPSA) is 46.6 Å². The highest BCUT2D eigenvalue weighted by Gasteiger charge is 2.38. The minimum Gasteiger partial charge on any atom is -0.465 e. The van der Waals surface area contributed by atoms with Crippen LogP contribution in [0.2, 0.25) is 0 Å². The van der Waals surface area contributed by atoms with Crippen molar-refractivity contribution in [2.24, 2.45) is 5.41 Å². The molecule has 1 fully saturated rings. The van der Waals surface area contributed by atoms with Crippen molar-refractivity contribution in [3.05, 3.63) is 0 Å². The number of piperidine rings is 1. The van der Waals surface area contributed by atoms with Gasteiger partial charge in [-0.3, -0.25) is 14.5 Å². The Morgan fingerprint density at radius 1 is 1.26 bits per heavy atom. The average Bonchev–Trinajstić information content (AvgIpc) is 2.39. The van der Waals surface area contributed by atoms with Gasteiger partial charge >= 0.3 is 5.97 Å². The summed E-state index contributed by atoms with van der Waals surface area (Å²) in [7, 11) is 0. The molecule has 1 heterocycles. The lowest BCUT2D eigenvalue weighted by Crippen LogP contribution is -2.47. The highest BCUT2D eigenvalue weighted by Crippen LogP contribution is 2.24. The van der Waals surface area contributed by atoms with Crippen LogP contribution < -0.4 is 0 Å². The van der Waals surface area contributed by atoms with Crippen LogP contribution in [0.4, 0.5) is 0 Å². The minimum atomic E-state index is -1.04. The zero-order valence-corrected chi connectivity index (χ0v) is 12.7. The maximum atomic E-state index is 12.4. The van der Waals surface area contributed by atoms with E-state index in [1.807, 2.05) is 0 Å². The molecule has 1 saturated heterocycles. The van der Waals surface area contributed by atoms with Gasteiger partial charge in [-0.25, -0.2) is 0 Å². The molecule has 0 spiro atoms. The van der Waals surface area contributed by atoms with E-state index in [9.17, 15) is 9.59 Å². The molecule has 0 aromatic heterocycles. The van der Waals surface area contributed by atoms with E-state index in [-0.39, 0.29) is 5.78 Å². The second-order valence-corrected chi connectivity index (χ2v) is 5.80. The van der Waals surface area contributed by atoms with E-state index in [2.05, 4.69) is 11.8 Å². The van der Waals surface area contributed by atoms with E-state index < -0.39 is 11.4 Å². The molecule has 0 bridgehead atoms. The van der Waals surface area contributed by atoms with Crippen LogP contribution in [0.5, 0.6) is 0 Å². The fourth-order valence-electron chi connectivity index (χ4n) is 2.54. The zero-order chi connectivity index (χ0) is 14.5. The molecule has 0 aliphatic carbocycles. The molecule has 1 rings (SSSR count). The first-order valence-electron chi connectivity index (χ1n) is 7.38. The molecule has 0 aromatic rings. The van der Waals surface area contributed by atoms with Crippen LogP contribution in [0.25, 0.3) is 0 Å². The molecule has 1 aliphatic heterocycles. The van der Waals surface area contributed by atoms with E-state index in [1.54, 1.807) is 20.8 Å². The summed E-state index contributed by atoms with van der Waals surface area (Å²) in [6.07, 6.45) is 4.60. The maximum Gasteiger partial charge on any atom is 0.319 e. The zero-order valence-electron chi connectivity index (χ0n) is 12.7. The van der Waals surface area contributed by atoms with Crippen molar-refractivity contribution >= 4 is 11.8 Å². The van der Waals surface area contributed by atoms with Gasteiger partial charge in [-0.05, 0) is 46.6 Å². The van der Waals surface area contributed by atoms with Gasteiger partial charge < -0.3 is 4.74 Å². The van der Waals surface area contributed by atoms with Gasteiger partial charge in [0.05, 0.1) is 13.2 Å². The van der Waals surface area contributed by atoms with Gasteiger partial charge in [0, 0.05) is 6.04 Å². The number of hydrogen-bond donors (Lipinski definition) is 0. The summed E-state index contributed by atoms with van der Waals surface area (Å²) in [5, 5.41) is 0. The maximum absolute atomic E-state index is 12.4. The first-order chi connectivity index (χ1) is 8.93. The number of likely N-dealkylation sites (tertiary alicyclic amines) is 1. The van der Waals surface area contributed by atoms with Gasteiger partial charge in [0.25, 0.3) is 0 Å². The van der Waals surface area contributed by atoms with Crippen molar-refractivity contribution in [2.75, 3.05) is 19.7 Å². The van der Waals surface area contributed by atoms with Crippen LogP contribution in [-0.2, 0) is 14.3 Å². The standard InChI is InChI=1S/C15H27NO3/c1-5-12-9-7-8-10-16(12)11-13(17)15(3,4)14(18)19-6-2/h12H,5-11H2,1-4H3. The summed E-state index contributed by atoms with van der Waals surface area (Å²) < 4.78 is 4.99. The third-order valence-corrected chi connectivity index (χ3v) is 4.05. The first-order valence-corrected chi connectivity index (χ1v) is 7.38. The normalized spacial score (nSPS) is 21.2. The number of rotatable bonds is 6. The molecular weight excluding hydrogens is 242 g/mol. The largest absolute Gasteiger partial charge is 0.465 e. The highest BCUT2D eigenvalue weighted by molar-refractivity contribution is 6.03. The third-order valence-electron chi connectivity index (χ3n) is 4.05. The lowest BCUT2D eigenvalue weighted by Gasteiger charge is -2.36. The number of ketones is 1. The summed E-state index contributed by atoms with van der Waals surface area (Å²) in [4.78, 5) is 26.4. The Balaban J connectivity index is 2.64. The fourth-order valence-corrected chi connectivity index (χ4v) is 2.54. The minimum absolute atomic E-state index is 0.0358. The van der Waals surface area contributed by atoms with E-state index >= 15 is 0 Å². The molecule has 4 heteroatoms. The second kappa shape index (κ2) is 7.04. The molecule has 1 atom stereocenters. The number of esters is 1. The predicted molar refractivity (Wildman–Crippen MR) is 74.9 cm³/mol. The molecule has 19 heavy (non-hydrogen) atoms. The van der Waals surface area contributed by atoms with Gasteiger partial charge in [-0.15, -0.1) is 0 Å². The van der Waals surface area contributed by atoms with E-state index in [0.29, 0.717) is 19.2 Å². The average molecular weight is 269 g/mol. The first kappa shape index (κ1) is 16.2. The molecule has 0 saturated carbocycles. The molecule has 0 radical (unpaired) electrons. The molecule has 0 aromatic carbocycles. The van der Waals surface area contributed by atoms with E-state index in [1.165, 1.54) is 6.42 Å². The third kappa shape index (κ3) is 4.03. The van der Waals surface area contributed by atoms with Crippen LogP contribution in [0.1, 0.15) is 53.4 Å². The van der Waals surface area contributed by atoms with Crippen molar-refractivity contribution in [1.82, 2.24) is 4.90 Å². The number of ether oxygens (including phenoxy) is 1. The molecular formula is C15H27NO3. The summed E-state index contributed by atoms with van der Waals surface area (Å²) in [5.74, 6) is -0.448. The summed E-state index contributed by atoms with van der Waals surface area (Å²) >= 11 is 0. The Morgan fingerprint density at radius 3 is 2.53 bits per heavy atom. The van der Waals surface area contributed by atoms with Gasteiger partial charge in [0.1, 0.15) is 5.41 Å².